The van der Waals surface area contributed by atoms with Crippen LogP contribution in [0.15, 0.2) is 18.2 Å². The molecule has 144 valence electrons. The lowest BCUT2D eigenvalue weighted by Crippen LogP contribution is -2.21. The van der Waals surface area contributed by atoms with Crippen molar-refractivity contribution < 1.29 is 0 Å². The summed E-state index contributed by atoms with van der Waals surface area (Å²) >= 11 is 6.68. The van der Waals surface area contributed by atoms with Crippen LogP contribution in [-0.4, -0.2) is 13.1 Å². The molecule has 2 heteroatoms. The van der Waals surface area contributed by atoms with Crippen molar-refractivity contribution >= 4 is 11.6 Å². The second-order valence-corrected chi connectivity index (χ2v) is 9.62. The molecule has 0 aliphatic heterocycles. The zero-order valence-electron chi connectivity index (χ0n) is 16.3. The first-order chi connectivity index (χ1) is 12.8. The lowest BCUT2D eigenvalue weighted by atomic mass is 9.83. The first kappa shape index (κ1) is 18.8. The molecule has 0 amide bonds. The van der Waals surface area contributed by atoms with Gasteiger partial charge in [0.1, 0.15) is 0 Å². The minimum Gasteiger partial charge on any atom is -0.316 e. The third-order valence-corrected chi connectivity index (χ3v) is 7.61. The van der Waals surface area contributed by atoms with Crippen LogP contribution in [0.3, 0.4) is 0 Å². The molecular formula is C24H36ClN. The van der Waals surface area contributed by atoms with Gasteiger partial charge in [0.2, 0.25) is 0 Å². The smallest absolute Gasteiger partial charge is 0.0443 e. The van der Waals surface area contributed by atoms with Gasteiger partial charge in [-0.3, -0.25) is 0 Å². The van der Waals surface area contributed by atoms with E-state index in [0.29, 0.717) is 5.92 Å². The molecule has 3 fully saturated rings. The average Bonchev–Trinajstić information content (AvgIpc) is 3.46. The summed E-state index contributed by atoms with van der Waals surface area (Å²) in [6.45, 7) is 2.41. The van der Waals surface area contributed by atoms with Crippen molar-refractivity contribution in [1.82, 2.24) is 5.32 Å². The number of halogens is 1. The van der Waals surface area contributed by atoms with Crippen molar-refractivity contribution in [3.63, 3.8) is 0 Å². The van der Waals surface area contributed by atoms with Crippen molar-refractivity contribution in [2.45, 2.75) is 88.9 Å². The fourth-order valence-corrected chi connectivity index (χ4v) is 5.81. The van der Waals surface area contributed by atoms with Gasteiger partial charge in [-0.05, 0) is 79.6 Å². The van der Waals surface area contributed by atoms with Crippen molar-refractivity contribution in [2.24, 2.45) is 11.8 Å². The summed E-state index contributed by atoms with van der Waals surface area (Å²) in [5, 5.41) is 4.77. The van der Waals surface area contributed by atoms with E-state index in [1.165, 1.54) is 101 Å². The van der Waals surface area contributed by atoms with E-state index in [0.717, 1.165) is 22.8 Å². The Hall–Kier alpha value is -0.530. The van der Waals surface area contributed by atoms with Gasteiger partial charge in [0.15, 0.2) is 0 Å². The number of nitrogens with one attached hydrogen (secondary N) is 1. The van der Waals surface area contributed by atoms with Crippen molar-refractivity contribution in [1.29, 1.82) is 0 Å². The van der Waals surface area contributed by atoms with Crippen LogP contribution in [0.25, 0.3) is 0 Å². The Balaban J connectivity index is 1.21. The highest BCUT2D eigenvalue weighted by molar-refractivity contribution is 6.31. The monoisotopic (exact) mass is 373 g/mol. The molecular weight excluding hydrogens is 338 g/mol. The van der Waals surface area contributed by atoms with Crippen molar-refractivity contribution in [2.75, 3.05) is 13.1 Å². The van der Waals surface area contributed by atoms with Gasteiger partial charge in [0.25, 0.3) is 0 Å². The van der Waals surface area contributed by atoms with E-state index < -0.39 is 0 Å². The summed E-state index contributed by atoms with van der Waals surface area (Å²) in [4.78, 5) is 0. The minimum atomic E-state index is 0.710. The highest BCUT2D eigenvalue weighted by atomic mass is 35.5. The average molecular weight is 374 g/mol. The third-order valence-electron chi connectivity index (χ3n) is 7.28. The molecule has 0 spiro atoms. The van der Waals surface area contributed by atoms with E-state index in [-0.39, 0.29) is 0 Å². The Labute approximate surface area is 165 Å². The molecule has 3 saturated carbocycles. The topological polar surface area (TPSA) is 12.0 Å². The predicted molar refractivity (Wildman–Crippen MR) is 112 cm³/mol. The lowest BCUT2D eigenvalue weighted by Gasteiger charge is -2.23. The van der Waals surface area contributed by atoms with E-state index in [4.69, 9.17) is 11.6 Å². The van der Waals surface area contributed by atoms with Crippen LogP contribution in [0, 0.1) is 11.8 Å². The van der Waals surface area contributed by atoms with E-state index in [2.05, 4.69) is 23.5 Å². The van der Waals surface area contributed by atoms with Crippen LogP contribution >= 0.6 is 11.6 Å². The van der Waals surface area contributed by atoms with Crippen molar-refractivity contribution in [3.05, 3.63) is 34.3 Å². The molecule has 1 N–H and O–H groups in total. The fourth-order valence-electron chi connectivity index (χ4n) is 5.47. The van der Waals surface area contributed by atoms with Gasteiger partial charge in [-0.15, -0.1) is 0 Å². The van der Waals surface area contributed by atoms with Gasteiger partial charge in [-0.25, -0.2) is 0 Å². The molecule has 26 heavy (non-hydrogen) atoms. The molecule has 0 heterocycles. The zero-order chi connectivity index (χ0) is 17.8. The normalized spacial score (nSPS) is 27.6. The molecule has 1 aromatic carbocycles. The first-order valence-electron chi connectivity index (χ1n) is 11.3. The molecule has 0 bridgehead atoms. The molecule has 2 atom stereocenters. The largest absolute Gasteiger partial charge is 0.316 e. The van der Waals surface area contributed by atoms with Gasteiger partial charge in [-0.1, -0.05) is 75.1 Å². The fraction of sp³-hybridized carbons (Fsp3) is 0.750. The van der Waals surface area contributed by atoms with Gasteiger partial charge >= 0.3 is 0 Å². The van der Waals surface area contributed by atoms with Crippen LogP contribution in [0.1, 0.15) is 100 Å². The summed E-state index contributed by atoms with van der Waals surface area (Å²) in [6, 6.07) is 7.01. The number of hydrogen-bond donors (Lipinski definition) is 1. The Morgan fingerprint density at radius 1 is 0.923 bits per heavy atom. The maximum absolute atomic E-state index is 6.68. The van der Waals surface area contributed by atoms with Crippen molar-refractivity contribution in [3.8, 4) is 0 Å². The summed E-state index contributed by atoms with van der Waals surface area (Å²) in [6.07, 6.45) is 16.9. The van der Waals surface area contributed by atoms with Crippen LogP contribution in [-0.2, 0) is 0 Å². The Morgan fingerprint density at radius 2 is 1.65 bits per heavy atom. The van der Waals surface area contributed by atoms with Gasteiger partial charge in [0, 0.05) is 5.02 Å². The first-order valence-corrected chi connectivity index (χ1v) is 11.7. The predicted octanol–water partition coefficient (Wildman–Crippen LogP) is 7.05. The Bertz CT molecular complexity index is 572. The summed E-state index contributed by atoms with van der Waals surface area (Å²) in [5.41, 5.74) is 2.89. The maximum Gasteiger partial charge on any atom is 0.0443 e. The summed E-state index contributed by atoms with van der Waals surface area (Å²) in [5.74, 6) is 3.28. The molecule has 1 aromatic rings. The molecule has 3 aliphatic rings. The van der Waals surface area contributed by atoms with Crippen LogP contribution < -0.4 is 5.32 Å². The second kappa shape index (κ2) is 9.11. The molecule has 0 aromatic heterocycles. The van der Waals surface area contributed by atoms with Gasteiger partial charge in [-0.2, -0.15) is 0 Å². The van der Waals surface area contributed by atoms with Crippen LogP contribution in [0.2, 0.25) is 5.02 Å². The Morgan fingerprint density at radius 3 is 2.38 bits per heavy atom. The number of hydrogen-bond acceptors (Lipinski definition) is 1. The van der Waals surface area contributed by atoms with E-state index in [9.17, 15) is 0 Å². The number of rotatable bonds is 7. The highest BCUT2D eigenvalue weighted by Gasteiger charge is 2.38. The van der Waals surface area contributed by atoms with Crippen LogP contribution in [0.5, 0.6) is 0 Å². The molecule has 3 aliphatic carbocycles. The van der Waals surface area contributed by atoms with E-state index >= 15 is 0 Å². The third kappa shape index (κ3) is 4.84. The maximum atomic E-state index is 6.68. The Kier molecular flexibility index (Phi) is 6.59. The second-order valence-electron chi connectivity index (χ2n) is 9.21. The molecule has 0 radical (unpaired) electrons. The minimum absolute atomic E-state index is 0.710. The van der Waals surface area contributed by atoms with E-state index in [1.807, 2.05) is 0 Å². The zero-order valence-corrected chi connectivity index (χ0v) is 17.1. The summed E-state index contributed by atoms with van der Waals surface area (Å²) < 4.78 is 0. The molecule has 1 nitrogen and oxygen atoms in total. The van der Waals surface area contributed by atoms with Gasteiger partial charge in [0.05, 0.1) is 0 Å². The standard InChI is InChI=1S/C24H36ClN/c25-24-16-20(11-12-22(24)19-9-5-2-6-10-19)23-15-21(23)17-26-14-13-18-7-3-1-4-8-18/h11-12,16,18-19,21,23,26H,1-10,13-15,17H2. The van der Waals surface area contributed by atoms with E-state index in [1.54, 1.807) is 0 Å². The molecule has 2 unspecified atom stereocenters. The van der Waals surface area contributed by atoms with Crippen LogP contribution in [0.4, 0.5) is 0 Å². The SMILES string of the molecule is Clc1cc(C2CC2CNCCC2CCCCC2)ccc1C1CCCCC1. The molecule has 4 rings (SSSR count). The highest BCUT2D eigenvalue weighted by Crippen LogP contribution is 2.48. The summed E-state index contributed by atoms with van der Waals surface area (Å²) in [7, 11) is 0. The number of benzene rings is 1. The molecule has 0 saturated heterocycles. The van der Waals surface area contributed by atoms with Gasteiger partial charge < -0.3 is 5.32 Å². The quantitative estimate of drug-likeness (QED) is 0.505. The lowest BCUT2D eigenvalue weighted by molar-refractivity contribution is 0.333.